The third kappa shape index (κ3) is 3.18. The summed E-state index contributed by atoms with van der Waals surface area (Å²) in [5, 5.41) is 6.68. The number of rotatable bonds is 4. The van der Waals surface area contributed by atoms with Gasteiger partial charge in [0.25, 0.3) is 5.91 Å². The molecule has 1 amide bonds. The van der Waals surface area contributed by atoms with Gasteiger partial charge in [-0.3, -0.25) is 4.79 Å². The summed E-state index contributed by atoms with van der Waals surface area (Å²) in [5.41, 5.74) is 2.11. The Hall–Kier alpha value is -3.15. The van der Waals surface area contributed by atoms with E-state index in [0.29, 0.717) is 0 Å². The minimum atomic E-state index is -0.421. The lowest BCUT2D eigenvalue weighted by Gasteiger charge is -2.21. The molecule has 132 valence electrons. The van der Waals surface area contributed by atoms with E-state index in [9.17, 15) is 9.18 Å². The zero-order valence-electron chi connectivity index (χ0n) is 14.1. The van der Waals surface area contributed by atoms with Crippen molar-refractivity contribution < 1.29 is 13.7 Å². The lowest BCUT2D eigenvalue weighted by atomic mass is 10.1. The van der Waals surface area contributed by atoms with E-state index in [2.05, 4.69) is 15.4 Å². The van der Waals surface area contributed by atoms with Crippen molar-refractivity contribution >= 4 is 17.3 Å². The number of aromatic nitrogens is 1. The van der Waals surface area contributed by atoms with Crippen LogP contribution >= 0.6 is 0 Å². The van der Waals surface area contributed by atoms with E-state index in [-0.39, 0.29) is 22.9 Å². The number of benzene rings is 2. The molecule has 6 heteroatoms. The minimum Gasteiger partial charge on any atom is -0.370 e. The van der Waals surface area contributed by atoms with Crippen molar-refractivity contribution in [2.75, 3.05) is 23.3 Å². The Morgan fingerprint density at radius 2 is 1.81 bits per heavy atom. The molecule has 5 nitrogen and oxygen atoms in total. The van der Waals surface area contributed by atoms with Gasteiger partial charge < -0.3 is 14.7 Å². The summed E-state index contributed by atoms with van der Waals surface area (Å²) in [6, 6.07) is 15.4. The summed E-state index contributed by atoms with van der Waals surface area (Å²) in [6.45, 7) is 1.96. The number of hydrogen-bond acceptors (Lipinski definition) is 4. The van der Waals surface area contributed by atoms with Crippen molar-refractivity contribution in [3.05, 3.63) is 66.1 Å². The maximum absolute atomic E-state index is 13.9. The quantitative estimate of drug-likeness (QED) is 0.760. The number of carbonyl (C=O) groups excluding carboxylic acids is 1. The van der Waals surface area contributed by atoms with Crippen LogP contribution < -0.4 is 10.2 Å². The molecule has 0 bridgehead atoms. The van der Waals surface area contributed by atoms with Gasteiger partial charge in [0.15, 0.2) is 11.5 Å². The van der Waals surface area contributed by atoms with Crippen molar-refractivity contribution in [3.8, 4) is 11.3 Å². The summed E-state index contributed by atoms with van der Waals surface area (Å²) in [4.78, 5) is 14.8. The first-order valence-electron chi connectivity index (χ1n) is 8.59. The van der Waals surface area contributed by atoms with Gasteiger partial charge in [-0.1, -0.05) is 29.4 Å². The second kappa shape index (κ2) is 7.00. The maximum atomic E-state index is 13.9. The van der Waals surface area contributed by atoms with Gasteiger partial charge in [-0.05, 0) is 37.1 Å². The van der Waals surface area contributed by atoms with E-state index in [4.69, 9.17) is 4.52 Å². The molecule has 26 heavy (non-hydrogen) atoms. The van der Waals surface area contributed by atoms with Gasteiger partial charge in [-0.15, -0.1) is 0 Å². The first-order chi connectivity index (χ1) is 12.7. The minimum absolute atomic E-state index is 0.111. The largest absolute Gasteiger partial charge is 0.370 e. The predicted molar refractivity (Wildman–Crippen MR) is 97.7 cm³/mol. The van der Waals surface area contributed by atoms with E-state index in [1.54, 1.807) is 18.2 Å². The molecule has 1 aromatic heterocycles. The third-order valence-corrected chi connectivity index (χ3v) is 4.48. The Morgan fingerprint density at radius 3 is 2.62 bits per heavy atom. The molecule has 1 aliphatic rings. The molecule has 1 N–H and O–H groups in total. The lowest BCUT2D eigenvalue weighted by molar-refractivity contribution is 0.101. The summed E-state index contributed by atoms with van der Waals surface area (Å²) >= 11 is 0. The molecule has 0 atom stereocenters. The number of anilines is 2. The highest BCUT2D eigenvalue weighted by Gasteiger charge is 2.19. The fraction of sp³-hybridized carbons (Fsp3) is 0.200. The van der Waals surface area contributed by atoms with Gasteiger partial charge in [0.2, 0.25) is 0 Å². The van der Waals surface area contributed by atoms with Gasteiger partial charge in [-0.25, -0.2) is 4.39 Å². The third-order valence-electron chi connectivity index (χ3n) is 4.48. The Bertz CT molecular complexity index is 932. The highest BCUT2D eigenvalue weighted by molar-refractivity contribution is 6.05. The highest BCUT2D eigenvalue weighted by Crippen LogP contribution is 2.29. The highest BCUT2D eigenvalue weighted by atomic mass is 19.1. The van der Waals surface area contributed by atoms with E-state index < -0.39 is 5.82 Å². The Kier molecular flexibility index (Phi) is 4.39. The molecular formula is C20H18FN3O2. The second-order valence-corrected chi connectivity index (χ2v) is 6.22. The predicted octanol–water partition coefficient (Wildman–Crippen LogP) is 4.33. The number of carbonyl (C=O) groups is 1. The maximum Gasteiger partial charge on any atom is 0.277 e. The topological polar surface area (TPSA) is 58.4 Å². The van der Waals surface area contributed by atoms with Crippen molar-refractivity contribution in [2.45, 2.75) is 12.8 Å². The van der Waals surface area contributed by atoms with Crippen LogP contribution in [0, 0.1) is 5.82 Å². The smallest absolute Gasteiger partial charge is 0.277 e. The Morgan fingerprint density at radius 1 is 1.08 bits per heavy atom. The first kappa shape index (κ1) is 16.3. The van der Waals surface area contributed by atoms with Crippen LogP contribution in [0.1, 0.15) is 23.3 Å². The summed E-state index contributed by atoms with van der Waals surface area (Å²) < 4.78 is 19.0. The standard InChI is InChI=1S/C20H18FN3O2/c21-15-8-2-1-7-14(15)19-13-17(23-26-19)20(25)22-16-9-3-4-10-18(16)24-11-5-6-12-24/h1-4,7-10,13H,5-6,11-12H2,(H,22,25). The number of hydrogen-bond donors (Lipinski definition) is 1. The number of halogens is 1. The zero-order chi connectivity index (χ0) is 17.9. The fourth-order valence-electron chi connectivity index (χ4n) is 3.17. The molecule has 0 spiro atoms. The summed E-state index contributed by atoms with van der Waals surface area (Å²) in [6.07, 6.45) is 2.30. The van der Waals surface area contributed by atoms with Crippen LogP contribution in [-0.4, -0.2) is 24.2 Å². The number of para-hydroxylation sites is 2. The number of nitrogens with zero attached hydrogens (tertiary/aromatic N) is 2. The molecule has 0 radical (unpaired) electrons. The molecule has 1 aliphatic heterocycles. The van der Waals surface area contributed by atoms with E-state index >= 15 is 0 Å². The van der Waals surface area contributed by atoms with Gasteiger partial charge in [0.1, 0.15) is 5.82 Å². The van der Waals surface area contributed by atoms with Crippen molar-refractivity contribution in [1.82, 2.24) is 5.16 Å². The molecule has 0 unspecified atom stereocenters. The molecule has 1 fully saturated rings. The van der Waals surface area contributed by atoms with Crippen LogP contribution in [0.5, 0.6) is 0 Å². The van der Waals surface area contributed by atoms with E-state index in [1.165, 1.54) is 12.1 Å². The van der Waals surface area contributed by atoms with Crippen LogP contribution in [0.4, 0.5) is 15.8 Å². The van der Waals surface area contributed by atoms with Gasteiger partial charge >= 0.3 is 0 Å². The molecule has 2 aromatic carbocycles. The second-order valence-electron chi connectivity index (χ2n) is 6.22. The van der Waals surface area contributed by atoms with Crippen LogP contribution in [0.3, 0.4) is 0 Å². The number of nitrogens with one attached hydrogen (secondary N) is 1. The van der Waals surface area contributed by atoms with Crippen molar-refractivity contribution in [1.29, 1.82) is 0 Å². The van der Waals surface area contributed by atoms with Crippen LogP contribution in [0.15, 0.2) is 59.1 Å². The monoisotopic (exact) mass is 351 g/mol. The average molecular weight is 351 g/mol. The average Bonchev–Trinajstić information content (AvgIpc) is 3.35. The van der Waals surface area contributed by atoms with Crippen molar-refractivity contribution in [2.24, 2.45) is 0 Å². The Balaban J connectivity index is 1.56. The summed E-state index contributed by atoms with van der Waals surface area (Å²) in [7, 11) is 0. The summed E-state index contributed by atoms with van der Waals surface area (Å²) in [5.74, 6) is -0.584. The van der Waals surface area contributed by atoms with E-state index in [1.807, 2.05) is 24.3 Å². The SMILES string of the molecule is O=C(Nc1ccccc1N1CCCC1)c1cc(-c2ccccc2F)on1. The molecule has 4 rings (SSSR count). The Labute approximate surface area is 150 Å². The molecule has 1 saturated heterocycles. The number of amides is 1. The van der Waals surface area contributed by atoms with Crippen LogP contribution in [0.2, 0.25) is 0 Å². The van der Waals surface area contributed by atoms with Gasteiger partial charge in [0.05, 0.1) is 16.9 Å². The van der Waals surface area contributed by atoms with Crippen LogP contribution in [0.25, 0.3) is 11.3 Å². The molecular weight excluding hydrogens is 333 g/mol. The van der Waals surface area contributed by atoms with Crippen LogP contribution in [-0.2, 0) is 0 Å². The fourth-order valence-corrected chi connectivity index (χ4v) is 3.17. The molecule has 2 heterocycles. The zero-order valence-corrected chi connectivity index (χ0v) is 14.1. The molecule has 3 aromatic rings. The first-order valence-corrected chi connectivity index (χ1v) is 8.59. The molecule has 0 saturated carbocycles. The van der Waals surface area contributed by atoms with Gasteiger partial charge in [0, 0.05) is 19.2 Å². The normalized spacial score (nSPS) is 13.8. The lowest BCUT2D eigenvalue weighted by Crippen LogP contribution is -2.21. The van der Waals surface area contributed by atoms with Crippen molar-refractivity contribution in [3.63, 3.8) is 0 Å². The van der Waals surface area contributed by atoms with E-state index in [0.717, 1.165) is 37.3 Å². The van der Waals surface area contributed by atoms with Gasteiger partial charge in [-0.2, -0.15) is 0 Å². The molecule has 0 aliphatic carbocycles.